The molecular formula is C19H30N2O4. The third-order valence-electron chi connectivity index (χ3n) is 4.76. The molecule has 1 aromatic carbocycles. The predicted molar refractivity (Wildman–Crippen MR) is 97.6 cm³/mol. The van der Waals surface area contributed by atoms with Gasteiger partial charge in [0, 0.05) is 19.5 Å². The molecule has 1 aromatic rings. The van der Waals surface area contributed by atoms with Gasteiger partial charge in [-0.3, -0.25) is 4.79 Å². The van der Waals surface area contributed by atoms with Crippen molar-refractivity contribution in [2.45, 2.75) is 25.7 Å². The van der Waals surface area contributed by atoms with E-state index in [2.05, 4.69) is 5.32 Å². The number of carbonyl (C=O) groups is 1. The van der Waals surface area contributed by atoms with Crippen LogP contribution in [0.3, 0.4) is 0 Å². The standard InChI is InChI=1S/C19H30N2O4/c1-20-12-14-6-5-11-21(13-14)17(22)10-8-15-7-9-16(23-2)19(25-4)18(15)24-3/h7,9,14,20H,5-6,8,10-13H2,1-4H3. The molecular weight excluding hydrogens is 320 g/mol. The summed E-state index contributed by atoms with van der Waals surface area (Å²) in [6.45, 7) is 2.68. The fraction of sp³-hybridized carbons (Fsp3) is 0.632. The zero-order valence-corrected chi connectivity index (χ0v) is 15.8. The highest BCUT2D eigenvalue weighted by atomic mass is 16.5. The maximum atomic E-state index is 12.6. The van der Waals surface area contributed by atoms with Crippen molar-refractivity contribution in [3.8, 4) is 17.2 Å². The van der Waals surface area contributed by atoms with Crippen molar-refractivity contribution in [2.75, 3.05) is 48.0 Å². The Bertz CT molecular complexity index is 575. The van der Waals surface area contributed by atoms with Crippen LogP contribution in [-0.2, 0) is 11.2 Å². The molecule has 6 heteroatoms. The number of methoxy groups -OCH3 is 3. The van der Waals surface area contributed by atoms with Crippen molar-refractivity contribution in [1.82, 2.24) is 10.2 Å². The summed E-state index contributed by atoms with van der Waals surface area (Å²) >= 11 is 0. The van der Waals surface area contributed by atoms with Gasteiger partial charge in [-0.1, -0.05) is 6.07 Å². The zero-order valence-electron chi connectivity index (χ0n) is 15.8. The molecule has 1 aliphatic rings. The summed E-state index contributed by atoms with van der Waals surface area (Å²) in [5, 5.41) is 3.21. The number of amides is 1. The molecule has 1 amide bonds. The molecule has 1 heterocycles. The first-order valence-electron chi connectivity index (χ1n) is 8.84. The Morgan fingerprint density at radius 2 is 1.96 bits per heavy atom. The van der Waals surface area contributed by atoms with Crippen molar-refractivity contribution in [1.29, 1.82) is 0 Å². The van der Waals surface area contributed by atoms with Crippen LogP contribution in [0.5, 0.6) is 17.2 Å². The topological polar surface area (TPSA) is 60.0 Å². The first kappa shape index (κ1) is 19.4. The van der Waals surface area contributed by atoms with E-state index in [0.717, 1.165) is 31.6 Å². The minimum absolute atomic E-state index is 0.206. The van der Waals surface area contributed by atoms with Crippen LogP contribution in [0.2, 0.25) is 0 Å². The highest BCUT2D eigenvalue weighted by molar-refractivity contribution is 5.76. The predicted octanol–water partition coefficient (Wildman–Crippen LogP) is 2.10. The normalized spacial score (nSPS) is 17.3. The number of rotatable bonds is 8. The van der Waals surface area contributed by atoms with Gasteiger partial charge >= 0.3 is 0 Å². The van der Waals surface area contributed by atoms with Crippen LogP contribution in [0.1, 0.15) is 24.8 Å². The van der Waals surface area contributed by atoms with E-state index in [9.17, 15) is 4.79 Å². The minimum atomic E-state index is 0.206. The van der Waals surface area contributed by atoms with Crippen LogP contribution in [0.25, 0.3) is 0 Å². The Labute approximate surface area is 150 Å². The highest BCUT2D eigenvalue weighted by Gasteiger charge is 2.23. The third-order valence-corrected chi connectivity index (χ3v) is 4.76. The molecule has 1 aliphatic heterocycles. The number of aryl methyl sites for hydroxylation is 1. The van der Waals surface area contributed by atoms with Crippen molar-refractivity contribution in [3.05, 3.63) is 17.7 Å². The number of nitrogens with zero attached hydrogens (tertiary/aromatic N) is 1. The van der Waals surface area contributed by atoms with E-state index in [0.29, 0.717) is 36.0 Å². The first-order chi connectivity index (χ1) is 12.1. The molecule has 2 rings (SSSR count). The van der Waals surface area contributed by atoms with E-state index in [1.807, 2.05) is 24.1 Å². The molecule has 0 saturated carbocycles. The van der Waals surface area contributed by atoms with Crippen molar-refractivity contribution < 1.29 is 19.0 Å². The fourth-order valence-electron chi connectivity index (χ4n) is 3.51. The molecule has 1 unspecified atom stereocenters. The maximum Gasteiger partial charge on any atom is 0.222 e. The SMILES string of the molecule is CNCC1CCCN(C(=O)CCc2ccc(OC)c(OC)c2OC)C1. The Hall–Kier alpha value is -1.95. The maximum absolute atomic E-state index is 12.6. The van der Waals surface area contributed by atoms with Crippen molar-refractivity contribution >= 4 is 5.91 Å². The van der Waals surface area contributed by atoms with Gasteiger partial charge in [0.25, 0.3) is 0 Å². The molecule has 0 aliphatic carbocycles. The molecule has 6 nitrogen and oxygen atoms in total. The molecule has 0 bridgehead atoms. The Morgan fingerprint density at radius 3 is 2.60 bits per heavy atom. The van der Waals surface area contributed by atoms with E-state index in [4.69, 9.17) is 14.2 Å². The fourth-order valence-corrected chi connectivity index (χ4v) is 3.51. The zero-order chi connectivity index (χ0) is 18.2. The van der Waals surface area contributed by atoms with Gasteiger partial charge in [0.05, 0.1) is 21.3 Å². The van der Waals surface area contributed by atoms with Crippen LogP contribution < -0.4 is 19.5 Å². The number of hydrogen-bond acceptors (Lipinski definition) is 5. The quantitative estimate of drug-likeness (QED) is 0.778. The van der Waals surface area contributed by atoms with Gasteiger partial charge in [0.2, 0.25) is 11.7 Å². The number of likely N-dealkylation sites (tertiary alicyclic amines) is 1. The number of hydrogen-bond donors (Lipinski definition) is 1. The van der Waals surface area contributed by atoms with Gasteiger partial charge in [-0.05, 0) is 50.4 Å². The molecule has 0 spiro atoms. The van der Waals surface area contributed by atoms with Gasteiger partial charge in [0.1, 0.15) is 0 Å². The molecule has 25 heavy (non-hydrogen) atoms. The van der Waals surface area contributed by atoms with E-state index >= 15 is 0 Å². The second-order valence-electron chi connectivity index (χ2n) is 6.40. The number of benzene rings is 1. The number of nitrogens with one attached hydrogen (secondary N) is 1. The summed E-state index contributed by atoms with van der Waals surface area (Å²) in [5.74, 6) is 2.60. The minimum Gasteiger partial charge on any atom is -0.493 e. The summed E-state index contributed by atoms with van der Waals surface area (Å²) in [7, 11) is 6.75. The Morgan fingerprint density at radius 1 is 1.20 bits per heavy atom. The first-order valence-corrected chi connectivity index (χ1v) is 8.84. The van der Waals surface area contributed by atoms with Crippen molar-refractivity contribution in [2.24, 2.45) is 5.92 Å². The van der Waals surface area contributed by atoms with Gasteiger partial charge in [-0.2, -0.15) is 0 Å². The average molecular weight is 350 g/mol. The highest BCUT2D eigenvalue weighted by Crippen LogP contribution is 2.40. The molecule has 1 atom stereocenters. The second kappa shape index (κ2) is 9.51. The van der Waals surface area contributed by atoms with Crippen LogP contribution in [-0.4, -0.2) is 58.8 Å². The largest absolute Gasteiger partial charge is 0.493 e. The number of carbonyl (C=O) groups excluding carboxylic acids is 1. The number of ether oxygens (including phenoxy) is 3. The summed E-state index contributed by atoms with van der Waals surface area (Å²) in [6.07, 6.45) is 3.36. The molecule has 1 saturated heterocycles. The molecule has 140 valence electrons. The van der Waals surface area contributed by atoms with Crippen LogP contribution in [0.4, 0.5) is 0 Å². The lowest BCUT2D eigenvalue weighted by atomic mass is 9.97. The summed E-state index contributed by atoms with van der Waals surface area (Å²) < 4.78 is 16.2. The Balaban J connectivity index is 2.02. The van der Waals surface area contributed by atoms with Crippen LogP contribution in [0, 0.1) is 5.92 Å². The molecule has 1 N–H and O–H groups in total. The van der Waals surface area contributed by atoms with Crippen LogP contribution in [0.15, 0.2) is 12.1 Å². The summed E-state index contributed by atoms with van der Waals surface area (Å²) in [5.41, 5.74) is 0.956. The monoisotopic (exact) mass is 350 g/mol. The van der Waals surface area contributed by atoms with Gasteiger partial charge in [-0.25, -0.2) is 0 Å². The lowest BCUT2D eigenvalue weighted by Crippen LogP contribution is -2.42. The summed E-state index contributed by atoms with van der Waals surface area (Å²) in [6, 6.07) is 3.79. The smallest absolute Gasteiger partial charge is 0.222 e. The van der Waals surface area contributed by atoms with Gasteiger partial charge < -0.3 is 24.4 Å². The van der Waals surface area contributed by atoms with Crippen LogP contribution >= 0.6 is 0 Å². The van der Waals surface area contributed by atoms with E-state index < -0.39 is 0 Å². The van der Waals surface area contributed by atoms with Gasteiger partial charge in [-0.15, -0.1) is 0 Å². The molecule has 0 aromatic heterocycles. The Kier molecular flexibility index (Phi) is 7.37. The summed E-state index contributed by atoms with van der Waals surface area (Å²) in [4.78, 5) is 14.6. The van der Waals surface area contributed by atoms with E-state index in [1.54, 1.807) is 21.3 Å². The number of piperidine rings is 1. The van der Waals surface area contributed by atoms with Gasteiger partial charge in [0.15, 0.2) is 11.5 Å². The lowest BCUT2D eigenvalue weighted by molar-refractivity contribution is -0.132. The van der Waals surface area contributed by atoms with E-state index in [-0.39, 0.29) is 5.91 Å². The average Bonchev–Trinajstić information content (AvgIpc) is 2.65. The molecule has 1 fully saturated rings. The van der Waals surface area contributed by atoms with Crippen molar-refractivity contribution in [3.63, 3.8) is 0 Å². The lowest BCUT2D eigenvalue weighted by Gasteiger charge is -2.33. The molecule has 0 radical (unpaired) electrons. The second-order valence-corrected chi connectivity index (χ2v) is 6.40. The van der Waals surface area contributed by atoms with E-state index in [1.165, 1.54) is 6.42 Å². The third kappa shape index (κ3) is 4.78.